The van der Waals surface area contributed by atoms with Gasteiger partial charge in [-0.1, -0.05) is 39.0 Å². The van der Waals surface area contributed by atoms with Gasteiger partial charge in [0.25, 0.3) is 0 Å². The second-order valence-electron chi connectivity index (χ2n) is 8.87. The van der Waals surface area contributed by atoms with Crippen LogP contribution in [0.3, 0.4) is 0 Å². The number of hydrogen-bond donors (Lipinski definition) is 0. The summed E-state index contributed by atoms with van der Waals surface area (Å²) in [5.74, 6) is 2.93. The Balaban J connectivity index is 2.27. The first kappa shape index (κ1) is 21.0. The Labute approximate surface area is 171 Å². The Morgan fingerprint density at radius 1 is 0.893 bits per heavy atom. The van der Waals surface area contributed by atoms with Crippen molar-refractivity contribution >= 4 is 13.2 Å². The molecule has 2 atom stereocenters. The molecule has 0 N–H and O–H groups in total. The first-order chi connectivity index (χ1) is 13.1. The minimum atomic E-state index is -0.506. The van der Waals surface area contributed by atoms with Gasteiger partial charge in [0.2, 0.25) is 0 Å². The molecule has 1 heterocycles. The highest BCUT2D eigenvalue weighted by Crippen LogP contribution is 2.60. The van der Waals surface area contributed by atoms with E-state index in [4.69, 9.17) is 14.2 Å². The summed E-state index contributed by atoms with van der Waals surface area (Å²) in [5, 5.41) is 1.47. The van der Waals surface area contributed by atoms with E-state index >= 15 is 0 Å². The molecule has 2 aromatic rings. The summed E-state index contributed by atoms with van der Waals surface area (Å²) in [6, 6.07) is 12.5. The van der Waals surface area contributed by atoms with Crippen LogP contribution in [0.25, 0.3) is 11.1 Å². The first-order valence-corrected chi connectivity index (χ1v) is 11.6. The van der Waals surface area contributed by atoms with E-state index in [0.29, 0.717) is 0 Å². The van der Waals surface area contributed by atoms with Gasteiger partial charge in [0.05, 0.1) is 17.8 Å². The molecule has 28 heavy (non-hydrogen) atoms. The highest BCUT2D eigenvalue weighted by Gasteiger charge is 2.41. The van der Waals surface area contributed by atoms with E-state index in [0.717, 1.165) is 22.8 Å². The molecule has 0 unspecified atom stereocenters. The third-order valence-corrected chi connectivity index (χ3v) is 7.83. The van der Waals surface area contributed by atoms with E-state index in [2.05, 4.69) is 73.6 Å². The molecule has 0 saturated carbocycles. The number of benzene rings is 2. The van der Waals surface area contributed by atoms with Gasteiger partial charge in [0.15, 0.2) is 0 Å². The number of hydrogen-bond acceptors (Lipinski definition) is 3. The van der Waals surface area contributed by atoms with E-state index in [1.807, 2.05) is 18.2 Å². The highest BCUT2D eigenvalue weighted by atomic mass is 31.1. The predicted octanol–water partition coefficient (Wildman–Crippen LogP) is 6.57. The number of fused-ring (bicyclic) bond motifs is 1. The van der Waals surface area contributed by atoms with Crippen molar-refractivity contribution in [1.29, 1.82) is 0 Å². The minimum absolute atomic E-state index is 0.0871. The van der Waals surface area contributed by atoms with Crippen molar-refractivity contribution in [3.8, 4) is 28.4 Å². The average molecular weight is 400 g/mol. The molecule has 0 saturated heterocycles. The van der Waals surface area contributed by atoms with Gasteiger partial charge in [-0.2, -0.15) is 0 Å². The largest absolute Gasteiger partial charge is 0.490 e. The molecule has 2 aromatic carbocycles. The molecule has 3 nitrogen and oxygen atoms in total. The normalized spacial score (nSPS) is 18.9. The maximum atomic E-state index is 6.30. The molecule has 0 aliphatic carbocycles. The summed E-state index contributed by atoms with van der Waals surface area (Å²) >= 11 is 0. The summed E-state index contributed by atoms with van der Waals surface area (Å²) in [6.07, 6.45) is 0.174. The van der Waals surface area contributed by atoms with Crippen molar-refractivity contribution in [1.82, 2.24) is 0 Å². The van der Waals surface area contributed by atoms with Crippen molar-refractivity contribution < 1.29 is 14.2 Å². The van der Waals surface area contributed by atoms with E-state index in [9.17, 15) is 0 Å². The van der Waals surface area contributed by atoms with E-state index in [1.165, 1.54) is 10.9 Å². The van der Waals surface area contributed by atoms with E-state index < -0.39 is 7.92 Å². The van der Waals surface area contributed by atoms with Gasteiger partial charge < -0.3 is 14.2 Å². The van der Waals surface area contributed by atoms with Gasteiger partial charge in [-0.05, 0) is 65.9 Å². The van der Waals surface area contributed by atoms with Crippen molar-refractivity contribution in [3.05, 3.63) is 36.4 Å². The highest BCUT2D eigenvalue weighted by molar-refractivity contribution is 7.68. The van der Waals surface area contributed by atoms with Gasteiger partial charge in [-0.15, -0.1) is 0 Å². The lowest BCUT2D eigenvalue weighted by atomic mass is 10.0. The van der Waals surface area contributed by atoms with Gasteiger partial charge in [0.1, 0.15) is 23.1 Å². The zero-order chi connectivity index (χ0) is 20.6. The van der Waals surface area contributed by atoms with Gasteiger partial charge in [-0.25, -0.2) is 0 Å². The van der Waals surface area contributed by atoms with E-state index in [-0.39, 0.29) is 23.2 Å². The molecule has 0 aromatic heterocycles. The van der Waals surface area contributed by atoms with Crippen LogP contribution in [0.2, 0.25) is 0 Å². The molecule has 0 amide bonds. The topological polar surface area (TPSA) is 27.7 Å². The number of rotatable bonds is 5. The molecule has 0 radical (unpaired) electrons. The predicted molar refractivity (Wildman–Crippen MR) is 120 cm³/mol. The molecule has 152 valence electrons. The zero-order valence-electron chi connectivity index (χ0n) is 18.4. The van der Waals surface area contributed by atoms with Crippen LogP contribution in [0, 0.1) is 0 Å². The van der Waals surface area contributed by atoms with Crippen molar-refractivity contribution in [3.63, 3.8) is 0 Å². The van der Waals surface area contributed by atoms with E-state index in [1.54, 1.807) is 0 Å². The Morgan fingerprint density at radius 2 is 1.43 bits per heavy atom. The summed E-state index contributed by atoms with van der Waals surface area (Å²) < 4.78 is 18.7. The lowest BCUT2D eigenvalue weighted by Gasteiger charge is -2.31. The third-order valence-electron chi connectivity index (χ3n) is 4.61. The lowest BCUT2D eigenvalue weighted by molar-refractivity contribution is 0.231. The van der Waals surface area contributed by atoms with Crippen LogP contribution in [0.4, 0.5) is 0 Å². The van der Waals surface area contributed by atoms with Crippen LogP contribution < -0.4 is 19.5 Å². The van der Waals surface area contributed by atoms with Crippen LogP contribution in [0.5, 0.6) is 17.2 Å². The number of ether oxygens (including phenoxy) is 3. The quantitative estimate of drug-likeness (QED) is 0.531. The lowest BCUT2D eigenvalue weighted by Crippen LogP contribution is -2.23. The molecule has 0 bridgehead atoms. The molecular weight excluding hydrogens is 367 g/mol. The maximum absolute atomic E-state index is 6.30. The Kier molecular flexibility index (Phi) is 5.96. The summed E-state index contributed by atoms with van der Waals surface area (Å²) in [7, 11) is -0.506. The van der Waals surface area contributed by atoms with Crippen molar-refractivity contribution in [2.45, 2.75) is 78.6 Å². The Bertz CT molecular complexity index is 808. The summed E-state index contributed by atoms with van der Waals surface area (Å²) in [5.41, 5.74) is 2.21. The zero-order valence-corrected chi connectivity index (χ0v) is 19.3. The third kappa shape index (κ3) is 4.15. The van der Waals surface area contributed by atoms with Crippen LogP contribution in [-0.2, 0) is 0 Å². The molecular formula is C24H33O3P. The van der Waals surface area contributed by atoms with Crippen LogP contribution in [0.15, 0.2) is 36.4 Å². The molecule has 0 fully saturated rings. The minimum Gasteiger partial charge on any atom is -0.490 e. The second-order valence-corrected chi connectivity index (χ2v) is 12.1. The van der Waals surface area contributed by atoms with Gasteiger partial charge >= 0.3 is 0 Å². The fourth-order valence-electron chi connectivity index (χ4n) is 3.85. The summed E-state index contributed by atoms with van der Waals surface area (Å²) in [6.45, 7) is 17.4. The second kappa shape index (κ2) is 7.95. The SMILES string of the molecule is CC(C)Oc1cccc(OC(C)C)c1-c1cccc2c1[P@@](C(C)(C)C)[C@@H](C)O2. The standard InChI is InChI=1S/C24H33O3P/c1-15(2)25-19-12-10-13-20(26-16(3)4)22(19)18-11-9-14-21-23(18)28(17(5)27-21)24(6,7)8/h9-17H,1-8H3/t17-,28-/m0/s1. The van der Waals surface area contributed by atoms with Crippen molar-refractivity contribution in [2.24, 2.45) is 0 Å². The monoisotopic (exact) mass is 400 g/mol. The van der Waals surface area contributed by atoms with Crippen molar-refractivity contribution in [2.75, 3.05) is 0 Å². The smallest absolute Gasteiger partial charge is 0.131 e. The Morgan fingerprint density at radius 3 is 1.93 bits per heavy atom. The van der Waals surface area contributed by atoms with Crippen LogP contribution in [0.1, 0.15) is 55.4 Å². The maximum Gasteiger partial charge on any atom is 0.131 e. The Hall–Kier alpha value is -1.73. The fraction of sp³-hybridized carbons (Fsp3) is 0.500. The van der Waals surface area contributed by atoms with Crippen LogP contribution in [-0.4, -0.2) is 23.2 Å². The summed E-state index contributed by atoms with van der Waals surface area (Å²) in [4.78, 5) is 0. The average Bonchev–Trinajstić information content (AvgIpc) is 2.90. The van der Waals surface area contributed by atoms with Crippen LogP contribution >= 0.6 is 7.92 Å². The fourth-order valence-corrected chi connectivity index (χ4v) is 7.00. The van der Waals surface area contributed by atoms with Gasteiger partial charge in [-0.3, -0.25) is 0 Å². The molecule has 1 aliphatic heterocycles. The molecule has 3 rings (SSSR count). The van der Waals surface area contributed by atoms with Gasteiger partial charge in [0, 0.05) is 10.9 Å². The molecule has 1 aliphatic rings. The first-order valence-electron chi connectivity index (χ1n) is 10.1. The molecule has 0 spiro atoms. The molecule has 4 heteroatoms.